The molecule has 0 amide bonds. The Balaban J connectivity index is 1.15. The Morgan fingerprint density at radius 3 is 1.89 bits per heavy atom. The standard InChI is InChI=1S/C49H29N3O2/c1-3-10-30(11-4-1)31-18-20-34(21-19-31)47-50-48(35-23-25-39-40-26-22-33-14-7-8-15-38(33)46(40)54-43(39)28-35)52-49(51-47)36-24-27-41-44(29-36)53-42-17-9-16-37(45(41)42)32-12-5-2-6-13-32/h1-29H/i7D,8D,14D,15D,22D,23D,25D,26D,28D. The molecule has 0 aliphatic rings. The zero-order valence-corrected chi connectivity index (χ0v) is 28.2. The molecule has 0 aliphatic heterocycles. The van der Waals surface area contributed by atoms with Crippen LogP contribution in [0.2, 0.25) is 0 Å². The predicted octanol–water partition coefficient (Wildman–Crippen LogP) is 13.2. The average molecular weight is 701 g/mol. The Bertz CT molecular complexity index is 3720. The molecule has 0 saturated carbocycles. The lowest BCUT2D eigenvalue weighted by Gasteiger charge is -2.09. The van der Waals surface area contributed by atoms with Gasteiger partial charge < -0.3 is 8.83 Å². The Labute approximate surface area is 322 Å². The Hall–Kier alpha value is -7.37. The maximum absolute atomic E-state index is 9.51. The summed E-state index contributed by atoms with van der Waals surface area (Å²) in [6, 6.07) is 34.9. The van der Waals surface area contributed by atoms with Gasteiger partial charge in [0.15, 0.2) is 17.5 Å². The smallest absolute Gasteiger partial charge is 0.164 e. The fraction of sp³-hybridized carbons (Fsp3) is 0. The number of aromatic nitrogens is 3. The van der Waals surface area contributed by atoms with Crippen molar-refractivity contribution < 1.29 is 21.2 Å². The molecule has 5 heteroatoms. The summed E-state index contributed by atoms with van der Waals surface area (Å²) >= 11 is 0. The Morgan fingerprint density at radius 2 is 1.07 bits per heavy atom. The van der Waals surface area contributed by atoms with Crippen molar-refractivity contribution in [3.05, 3.63) is 176 Å². The van der Waals surface area contributed by atoms with Crippen LogP contribution in [-0.4, -0.2) is 15.0 Å². The van der Waals surface area contributed by atoms with Crippen LogP contribution >= 0.6 is 0 Å². The highest BCUT2D eigenvalue weighted by Gasteiger charge is 2.18. The average Bonchev–Trinajstić information content (AvgIpc) is 3.91. The molecule has 0 spiro atoms. The molecule has 3 heterocycles. The summed E-state index contributed by atoms with van der Waals surface area (Å²) < 4.78 is 92.3. The van der Waals surface area contributed by atoms with Crippen molar-refractivity contribution in [3.8, 4) is 56.4 Å². The first-order chi connectivity index (χ1) is 30.5. The normalized spacial score (nSPS) is 14.0. The molecular formula is C49H29N3O2. The molecule has 252 valence electrons. The van der Waals surface area contributed by atoms with Gasteiger partial charge in [0.1, 0.15) is 22.3 Å². The van der Waals surface area contributed by atoms with E-state index in [4.69, 9.17) is 32.0 Å². The molecule has 0 atom stereocenters. The first-order valence-corrected chi connectivity index (χ1v) is 17.3. The van der Waals surface area contributed by atoms with Gasteiger partial charge in [-0.2, -0.15) is 0 Å². The first-order valence-electron chi connectivity index (χ1n) is 21.8. The van der Waals surface area contributed by atoms with E-state index in [1.165, 1.54) is 0 Å². The Kier molecular flexibility index (Phi) is 5.06. The van der Waals surface area contributed by atoms with E-state index >= 15 is 0 Å². The molecule has 0 aliphatic carbocycles. The minimum absolute atomic E-state index is 0.0943. The van der Waals surface area contributed by atoms with Crippen molar-refractivity contribution in [1.82, 2.24) is 15.0 Å². The van der Waals surface area contributed by atoms with Crippen LogP contribution < -0.4 is 0 Å². The van der Waals surface area contributed by atoms with E-state index in [0.717, 1.165) is 33.0 Å². The van der Waals surface area contributed by atoms with Crippen LogP contribution in [0.25, 0.3) is 111 Å². The third kappa shape index (κ3) is 4.98. The lowest BCUT2D eigenvalue weighted by atomic mass is 9.99. The molecule has 0 fully saturated rings. The van der Waals surface area contributed by atoms with Gasteiger partial charge >= 0.3 is 0 Å². The molecule has 0 radical (unpaired) electrons. The van der Waals surface area contributed by atoms with Crippen LogP contribution in [0.5, 0.6) is 0 Å². The quantitative estimate of drug-likeness (QED) is 0.179. The summed E-state index contributed by atoms with van der Waals surface area (Å²) in [5.41, 5.74) is 5.97. The zero-order chi connectivity index (χ0) is 43.4. The van der Waals surface area contributed by atoms with Gasteiger partial charge in [0, 0.05) is 43.6 Å². The summed E-state index contributed by atoms with van der Waals surface area (Å²) in [7, 11) is 0. The second-order valence-corrected chi connectivity index (χ2v) is 12.9. The van der Waals surface area contributed by atoms with Gasteiger partial charge in [0.05, 0.1) is 12.3 Å². The lowest BCUT2D eigenvalue weighted by Crippen LogP contribution is -2.00. The zero-order valence-electron chi connectivity index (χ0n) is 37.2. The number of hydrogen-bond donors (Lipinski definition) is 0. The van der Waals surface area contributed by atoms with Crippen LogP contribution in [0, 0.1) is 0 Å². The summed E-state index contributed by atoms with van der Waals surface area (Å²) in [6.07, 6.45) is 0. The number of hydrogen-bond acceptors (Lipinski definition) is 5. The molecule has 8 aromatic carbocycles. The van der Waals surface area contributed by atoms with Gasteiger partial charge in [-0.25, -0.2) is 15.0 Å². The Morgan fingerprint density at radius 1 is 0.407 bits per heavy atom. The highest BCUT2D eigenvalue weighted by atomic mass is 16.3. The van der Waals surface area contributed by atoms with E-state index in [1.807, 2.05) is 103 Å². The number of furan rings is 2. The van der Waals surface area contributed by atoms with Crippen LogP contribution in [-0.2, 0) is 0 Å². The van der Waals surface area contributed by atoms with Crippen molar-refractivity contribution in [2.45, 2.75) is 0 Å². The van der Waals surface area contributed by atoms with Crippen molar-refractivity contribution in [2.24, 2.45) is 0 Å². The fourth-order valence-corrected chi connectivity index (χ4v) is 7.03. The van der Waals surface area contributed by atoms with Gasteiger partial charge in [0.2, 0.25) is 0 Å². The minimum Gasteiger partial charge on any atom is -0.456 e. The summed E-state index contributed by atoms with van der Waals surface area (Å²) in [5, 5.41) is 1.27. The van der Waals surface area contributed by atoms with Crippen molar-refractivity contribution in [3.63, 3.8) is 0 Å². The highest BCUT2D eigenvalue weighted by Crippen LogP contribution is 2.39. The van der Waals surface area contributed by atoms with Gasteiger partial charge in [-0.3, -0.25) is 0 Å². The third-order valence-corrected chi connectivity index (χ3v) is 9.64. The van der Waals surface area contributed by atoms with Crippen molar-refractivity contribution >= 4 is 54.6 Å². The van der Waals surface area contributed by atoms with E-state index in [0.29, 0.717) is 22.3 Å². The van der Waals surface area contributed by atoms with E-state index < -0.39 is 48.3 Å². The largest absolute Gasteiger partial charge is 0.456 e. The fourth-order valence-electron chi connectivity index (χ4n) is 7.03. The van der Waals surface area contributed by atoms with Crippen LogP contribution in [0.15, 0.2) is 185 Å². The van der Waals surface area contributed by atoms with E-state index in [1.54, 1.807) is 0 Å². The predicted molar refractivity (Wildman–Crippen MR) is 219 cm³/mol. The van der Waals surface area contributed by atoms with Crippen molar-refractivity contribution in [1.29, 1.82) is 0 Å². The minimum atomic E-state index is -0.568. The molecule has 11 rings (SSSR count). The molecule has 11 aromatic rings. The first kappa shape index (κ1) is 22.5. The molecule has 54 heavy (non-hydrogen) atoms. The molecule has 0 bridgehead atoms. The second-order valence-electron chi connectivity index (χ2n) is 12.9. The summed E-state index contributed by atoms with van der Waals surface area (Å²) in [6.45, 7) is 0. The van der Waals surface area contributed by atoms with Gasteiger partial charge in [-0.15, -0.1) is 0 Å². The monoisotopic (exact) mass is 700 g/mol. The van der Waals surface area contributed by atoms with E-state index in [2.05, 4.69) is 18.2 Å². The second kappa shape index (κ2) is 12.1. The summed E-state index contributed by atoms with van der Waals surface area (Å²) in [5.74, 6) is 0.343. The molecule has 0 N–H and O–H groups in total. The third-order valence-electron chi connectivity index (χ3n) is 9.64. The number of fused-ring (bicyclic) bond motifs is 8. The molecule has 3 aromatic heterocycles. The highest BCUT2D eigenvalue weighted by molar-refractivity contribution is 6.15. The van der Waals surface area contributed by atoms with Crippen molar-refractivity contribution in [2.75, 3.05) is 0 Å². The molecular weight excluding hydrogens is 663 g/mol. The van der Waals surface area contributed by atoms with Gasteiger partial charge in [-0.1, -0.05) is 139 Å². The lowest BCUT2D eigenvalue weighted by molar-refractivity contribution is 0.669. The van der Waals surface area contributed by atoms with Gasteiger partial charge in [0.25, 0.3) is 0 Å². The number of nitrogens with zero attached hydrogens (tertiary/aromatic N) is 3. The van der Waals surface area contributed by atoms with Crippen LogP contribution in [0.3, 0.4) is 0 Å². The maximum atomic E-state index is 9.51. The molecule has 0 unspecified atom stereocenters. The molecule has 5 nitrogen and oxygen atoms in total. The maximum Gasteiger partial charge on any atom is 0.164 e. The topological polar surface area (TPSA) is 65.0 Å². The summed E-state index contributed by atoms with van der Waals surface area (Å²) in [4.78, 5) is 14.6. The SMILES string of the molecule is [2H]c1c([2H])c([2H])c2c(c1[2H])c([2H])c([2H])c1c2oc2c([2H])c(-c3nc(-c4ccc(-c5ccccc5)cc4)nc(-c4ccc5c(c4)oc4cccc(-c6ccccc6)c45)n3)c([2H])c([2H])c21. The molecule has 0 saturated heterocycles. The van der Waals surface area contributed by atoms with Crippen LogP contribution in [0.4, 0.5) is 0 Å². The van der Waals surface area contributed by atoms with Crippen LogP contribution in [0.1, 0.15) is 12.3 Å². The van der Waals surface area contributed by atoms with E-state index in [9.17, 15) is 4.11 Å². The van der Waals surface area contributed by atoms with Gasteiger partial charge in [-0.05, 0) is 64.0 Å². The number of rotatable bonds is 5. The van der Waals surface area contributed by atoms with E-state index in [-0.39, 0.29) is 61.8 Å². The number of benzene rings is 8.